The molecule has 0 unspecified atom stereocenters. The molecule has 2 aromatic heterocycles. The molecule has 0 saturated heterocycles. The number of nitrogens with zero attached hydrogens (tertiary/aromatic N) is 3. The summed E-state index contributed by atoms with van der Waals surface area (Å²) in [5, 5.41) is 23.3. The number of aromatic carboxylic acids is 2. The number of furan rings is 1. The molecule has 2 heterocycles. The maximum absolute atomic E-state index is 13.1. The molecule has 10 heteroatoms. The first kappa shape index (κ1) is 23.1. The first-order valence-corrected chi connectivity index (χ1v) is 10.9. The van der Waals surface area contributed by atoms with Crippen molar-refractivity contribution in [2.45, 2.75) is 19.8 Å². The molecule has 4 aromatic rings. The molecule has 34 heavy (non-hydrogen) atoms. The molecule has 2 N–H and O–H groups in total. The Morgan fingerprint density at radius 3 is 2.35 bits per heavy atom. The molecular weight excluding hydrogens is 506 g/mol. The van der Waals surface area contributed by atoms with Gasteiger partial charge in [-0.3, -0.25) is 4.79 Å². The van der Waals surface area contributed by atoms with Gasteiger partial charge in [0.15, 0.2) is 0 Å². The van der Waals surface area contributed by atoms with Crippen LogP contribution in [-0.2, 0) is 0 Å². The molecule has 172 valence electrons. The van der Waals surface area contributed by atoms with E-state index in [1.807, 2.05) is 19.9 Å². The fraction of sp³-hybridized carbons (Fsp3) is 0.125. The van der Waals surface area contributed by atoms with E-state index >= 15 is 0 Å². The number of hydrogen-bond acceptors (Lipinski definition) is 6. The van der Waals surface area contributed by atoms with Crippen LogP contribution in [0.1, 0.15) is 52.1 Å². The van der Waals surface area contributed by atoms with E-state index in [0.29, 0.717) is 16.7 Å². The van der Waals surface area contributed by atoms with Gasteiger partial charge in [-0.15, -0.1) is 0 Å². The van der Waals surface area contributed by atoms with Crippen molar-refractivity contribution in [3.8, 4) is 11.3 Å². The van der Waals surface area contributed by atoms with E-state index in [9.17, 15) is 24.6 Å². The largest absolute Gasteiger partial charge is 0.478 e. The standard InChI is InChI=1S/C24H18BrN3O6/c1-12(2)21-27-19-5-3-16(25)10-18(19)22(29)28(21)26-11-17-4-6-20(34-17)13-7-14(23(30)31)9-15(8-13)24(32)33/h3-12H,1-2H3,(H,30,31)(H,32,33). The van der Waals surface area contributed by atoms with Crippen LogP contribution in [0.3, 0.4) is 0 Å². The van der Waals surface area contributed by atoms with Gasteiger partial charge < -0.3 is 14.6 Å². The van der Waals surface area contributed by atoms with Gasteiger partial charge in [-0.05, 0) is 48.5 Å². The van der Waals surface area contributed by atoms with Crippen molar-refractivity contribution in [3.05, 3.63) is 86.1 Å². The van der Waals surface area contributed by atoms with Crippen LogP contribution in [0.2, 0.25) is 0 Å². The summed E-state index contributed by atoms with van der Waals surface area (Å²) in [5.41, 5.74) is 0.162. The fourth-order valence-corrected chi connectivity index (χ4v) is 3.72. The third kappa shape index (κ3) is 4.53. The third-order valence-corrected chi connectivity index (χ3v) is 5.48. The lowest BCUT2D eigenvalue weighted by Crippen LogP contribution is -2.23. The average Bonchev–Trinajstić information content (AvgIpc) is 3.27. The summed E-state index contributed by atoms with van der Waals surface area (Å²) >= 11 is 3.36. The van der Waals surface area contributed by atoms with Crippen molar-refractivity contribution in [3.63, 3.8) is 0 Å². The first-order chi connectivity index (χ1) is 16.1. The highest BCUT2D eigenvalue weighted by atomic mass is 79.9. The Balaban J connectivity index is 1.75. The second-order valence-corrected chi connectivity index (χ2v) is 8.67. The van der Waals surface area contributed by atoms with Crippen molar-refractivity contribution in [2.75, 3.05) is 0 Å². The normalized spacial score (nSPS) is 11.5. The Labute approximate surface area is 201 Å². The highest BCUT2D eigenvalue weighted by molar-refractivity contribution is 9.10. The van der Waals surface area contributed by atoms with Crippen LogP contribution in [0.25, 0.3) is 22.2 Å². The second-order valence-electron chi connectivity index (χ2n) is 7.76. The van der Waals surface area contributed by atoms with Crippen LogP contribution in [0.4, 0.5) is 0 Å². The average molecular weight is 524 g/mol. The quantitative estimate of drug-likeness (QED) is 0.345. The predicted molar refractivity (Wildman–Crippen MR) is 129 cm³/mol. The maximum atomic E-state index is 13.1. The van der Waals surface area contributed by atoms with E-state index < -0.39 is 11.9 Å². The van der Waals surface area contributed by atoms with Gasteiger partial charge in [-0.1, -0.05) is 29.8 Å². The van der Waals surface area contributed by atoms with Crippen molar-refractivity contribution >= 4 is 45.0 Å². The summed E-state index contributed by atoms with van der Waals surface area (Å²) in [6.45, 7) is 3.80. The molecule has 0 aliphatic heterocycles. The molecule has 0 bridgehead atoms. The molecule has 4 rings (SSSR count). The van der Waals surface area contributed by atoms with Gasteiger partial charge >= 0.3 is 11.9 Å². The molecule has 0 saturated carbocycles. The number of fused-ring (bicyclic) bond motifs is 1. The molecule has 0 aliphatic rings. The molecule has 9 nitrogen and oxygen atoms in total. The van der Waals surface area contributed by atoms with Crippen LogP contribution in [0, 0.1) is 0 Å². The van der Waals surface area contributed by atoms with E-state index in [2.05, 4.69) is 26.0 Å². The zero-order valence-corrected chi connectivity index (χ0v) is 19.6. The number of carboxylic acid groups (broad SMARTS) is 2. The zero-order chi connectivity index (χ0) is 24.6. The van der Waals surface area contributed by atoms with Gasteiger partial charge in [-0.2, -0.15) is 9.78 Å². The van der Waals surface area contributed by atoms with Crippen molar-refractivity contribution in [1.82, 2.24) is 9.66 Å². The molecule has 0 fully saturated rings. The summed E-state index contributed by atoms with van der Waals surface area (Å²) in [6, 6.07) is 12.1. The highest BCUT2D eigenvalue weighted by Gasteiger charge is 2.16. The van der Waals surface area contributed by atoms with E-state index in [-0.39, 0.29) is 39.7 Å². The van der Waals surface area contributed by atoms with Gasteiger partial charge in [0.2, 0.25) is 0 Å². The van der Waals surface area contributed by atoms with Crippen molar-refractivity contribution in [1.29, 1.82) is 0 Å². The fourth-order valence-electron chi connectivity index (χ4n) is 3.36. The topological polar surface area (TPSA) is 135 Å². The molecular formula is C24H18BrN3O6. The minimum atomic E-state index is -1.26. The van der Waals surface area contributed by atoms with Crippen LogP contribution in [0.15, 0.2) is 67.3 Å². The Hall–Kier alpha value is -4.05. The van der Waals surface area contributed by atoms with E-state index in [4.69, 9.17) is 4.42 Å². The van der Waals surface area contributed by atoms with Gasteiger partial charge in [0.25, 0.3) is 5.56 Å². The van der Waals surface area contributed by atoms with Gasteiger partial charge in [0.05, 0.1) is 28.2 Å². The van der Waals surface area contributed by atoms with Gasteiger partial charge in [0, 0.05) is 16.0 Å². The number of rotatable bonds is 6. The minimum absolute atomic E-state index is 0.0849. The Morgan fingerprint density at radius 2 is 1.74 bits per heavy atom. The van der Waals surface area contributed by atoms with Gasteiger partial charge in [-0.25, -0.2) is 14.6 Å². The molecule has 2 aromatic carbocycles. The SMILES string of the molecule is CC(C)c1nc2ccc(Br)cc2c(=O)n1N=Cc1ccc(-c2cc(C(=O)O)cc(C(=O)O)c2)o1. The lowest BCUT2D eigenvalue weighted by Gasteiger charge is -2.11. The maximum Gasteiger partial charge on any atom is 0.335 e. The number of carboxylic acids is 2. The Bertz CT molecular complexity index is 1500. The number of aromatic nitrogens is 2. The minimum Gasteiger partial charge on any atom is -0.478 e. The number of hydrogen-bond donors (Lipinski definition) is 2. The molecule has 0 spiro atoms. The highest BCUT2D eigenvalue weighted by Crippen LogP contribution is 2.25. The Morgan fingerprint density at radius 1 is 1.06 bits per heavy atom. The van der Waals surface area contributed by atoms with Crippen molar-refractivity contribution in [2.24, 2.45) is 5.10 Å². The summed E-state index contributed by atoms with van der Waals surface area (Å²) in [5.74, 6) is -1.59. The monoisotopic (exact) mass is 523 g/mol. The zero-order valence-electron chi connectivity index (χ0n) is 18.0. The molecule has 0 radical (unpaired) electrons. The molecule has 0 aliphatic carbocycles. The summed E-state index contributed by atoms with van der Waals surface area (Å²) in [7, 11) is 0. The lowest BCUT2D eigenvalue weighted by atomic mass is 10.0. The summed E-state index contributed by atoms with van der Waals surface area (Å²) in [6.07, 6.45) is 1.35. The van der Waals surface area contributed by atoms with Crippen LogP contribution in [-0.4, -0.2) is 38.0 Å². The van der Waals surface area contributed by atoms with E-state index in [0.717, 1.165) is 10.5 Å². The summed E-state index contributed by atoms with van der Waals surface area (Å²) in [4.78, 5) is 40.4. The summed E-state index contributed by atoms with van der Waals surface area (Å²) < 4.78 is 7.69. The second kappa shape index (κ2) is 9.06. The molecule has 0 amide bonds. The third-order valence-electron chi connectivity index (χ3n) is 4.99. The van der Waals surface area contributed by atoms with Crippen LogP contribution < -0.4 is 5.56 Å². The Kier molecular flexibility index (Phi) is 6.16. The van der Waals surface area contributed by atoms with Crippen LogP contribution in [0.5, 0.6) is 0 Å². The predicted octanol–water partition coefficient (Wildman–Crippen LogP) is 4.82. The van der Waals surface area contributed by atoms with Crippen LogP contribution >= 0.6 is 15.9 Å². The lowest BCUT2D eigenvalue weighted by molar-refractivity contribution is 0.0696. The number of carbonyl (C=O) groups is 2. The number of benzene rings is 2. The molecule has 0 atom stereocenters. The van der Waals surface area contributed by atoms with E-state index in [1.54, 1.807) is 24.3 Å². The van der Waals surface area contributed by atoms with E-state index in [1.165, 1.54) is 23.0 Å². The first-order valence-electron chi connectivity index (χ1n) is 10.1. The van der Waals surface area contributed by atoms with Crippen molar-refractivity contribution < 1.29 is 24.2 Å². The van der Waals surface area contributed by atoms with Gasteiger partial charge in [0.1, 0.15) is 17.3 Å². The smallest absolute Gasteiger partial charge is 0.335 e. The number of halogens is 1.